The quantitative estimate of drug-likeness (QED) is 0.887. The first-order chi connectivity index (χ1) is 7.96. The van der Waals surface area contributed by atoms with Gasteiger partial charge in [0, 0.05) is 10.5 Å². The topological polar surface area (TPSA) is 12.0 Å². The van der Waals surface area contributed by atoms with Crippen molar-refractivity contribution in [3.8, 4) is 0 Å². The summed E-state index contributed by atoms with van der Waals surface area (Å²) in [6.45, 7) is 7.52. The van der Waals surface area contributed by atoms with Crippen LogP contribution in [-0.2, 0) is 0 Å². The summed E-state index contributed by atoms with van der Waals surface area (Å²) in [6, 6.07) is 5.72. The van der Waals surface area contributed by atoms with Crippen LogP contribution >= 0.6 is 15.9 Å². The minimum absolute atomic E-state index is 0.0822. The molecule has 1 fully saturated rings. The SMILES string of the molecule is CCNC1CC(c2cc(Br)ccc2F)C1(C)C. The molecule has 1 nitrogen and oxygen atoms in total. The van der Waals surface area contributed by atoms with Crippen molar-refractivity contribution in [2.24, 2.45) is 5.41 Å². The third kappa shape index (κ3) is 2.27. The average molecular weight is 300 g/mol. The highest BCUT2D eigenvalue weighted by Gasteiger charge is 2.48. The maximum Gasteiger partial charge on any atom is 0.126 e. The molecule has 0 amide bonds. The van der Waals surface area contributed by atoms with Crippen molar-refractivity contribution in [2.75, 3.05) is 6.54 Å². The molecule has 2 atom stereocenters. The predicted octanol–water partition coefficient (Wildman–Crippen LogP) is 4.08. The lowest BCUT2D eigenvalue weighted by molar-refractivity contribution is 0.0683. The summed E-state index contributed by atoms with van der Waals surface area (Å²) in [5, 5.41) is 3.47. The van der Waals surface area contributed by atoms with Gasteiger partial charge >= 0.3 is 0 Å². The Morgan fingerprint density at radius 1 is 1.47 bits per heavy atom. The van der Waals surface area contributed by atoms with Crippen LogP contribution < -0.4 is 5.32 Å². The second-order valence-corrected chi connectivity index (χ2v) is 6.30. The Morgan fingerprint density at radius 2 is 2.18 bits per heavy atom. The van der Waals surface area contributed by atoms with E-state index in [4.69, 9.17) is 0 Å². The molecule has 0 aromatic heterocycles. The van der Waals surface area contributed by atoms with Crippen LogP contribution in [0.25, 0.3) is 0 Å². The zero-order valence-corrected chi connectivity index (χ0v) is 12.1. The molecule has 0 aliphatic heterocycles. The fourth-order valence-corrected chi connectivity index (χ4v) is 3.21. The molecule has 3 heteroatoms. The lowest BCUT2D eigenvalue weighted by Gasteiger charge is -2.53. The van der Waals surface area contributed by atoms with E-state index in [9.17, 15) is 4.39 Å². The van der Waals surface area contributed by atoms with Crippen molar-refractivity contribution in [2.45, 2.75) is 39.2 Å². The Morgan fingerprint density at radius 3 is 2.76 bits per heavy atom. The maximum absolute atomic E-state index is 13.9. The maximum atomic E-state index is 13.9. The summed E-state index contributed by atoms with van der Waals surface area (Å²) in [5.74, 6) is 0.227. The minimum atomic E-state index is -0.0822. The number of halogens is 2. The van der Waals surface area contributed by atoms with Gasteiger partial charge in [0.25, 0.3) is 0 Å². The van der Waals surface area contributed by atoms with Gasteiger partial charge in [-0.1, -0.05) is 36.7 Å². The summed E-state index contributed by atoms with van der Waals surface area (Å²) in [6.07, 6.45) is 1.02. The van der Waals surface area contributed by atoms with Gasteiger partial charge in [-0.2, -0.15) is 0 Å². The van der Waals surface area contributed by atoms with Crippen molar-refractivity contribution in [1.29, 1.82) is 0 Å². The van der Waals surface area contributed by atoms with Crippen molar-refractivity contribution < 1.29 is 4.39 Å². The lowest BCUT2D eigenvalue weighted by Crippen LogP contribution is -2.55. The first kappa shape index (κ1) is 13.0. The van der Waals surface area contributed by atoms with E-state index in [1.807, 2.05) is 6.07 Å². The first-order valence-corrected chi connectivity index (χ1v) is 6.94. The minimum Gasteiger partial charge on any atom is -0.314 e. The largest absolute Gasteiger partial charge is 0.314 e. The van der Waals surface area contributed by atoms with Gasteiger partial charge in [-0.3, -0.25) is 0 Å². The molecule has 0 radical (unpaired) electrons. The van der Waals surface area contributed by atoms with Crippen molar-refractivity contribution in [3.63, 3.8) is 0 Å². The molecule has 1 aromatic rings. The number of hydrogen-bond acceptors (Lipinski definition) is 1. The van der Waals surface area contributed by atoms with Gasteiger partial charge in [0.05, 0.1) is 0 Å². The van der Waals surface area contributed by atoms with E-state index < -0.39 is 0 Å². The molecule has 1 N–H and O–H groups in total. The molecule has 1 saturated carbocycles. The number of rotatable bonds is 3. The Hall–Kier alpha value is -0.410. The van der Waals surface area contributed by atoms with E-state index in [0.29, 0.717) is 12.0 Å². The second kappa shape index (κ2) is 4.69. The molecule has 0 saturated heterocycles. The first-order valence-electron chi connectivity index (χ1n) is 6.15. The lowest BCUT2D eigenvalue weighted by atomic mass is 9.56. The molecule has 2 unspecified atom stereocenters. The van der Waals surface area contributed by atoms with Crippen LogP contribution in [0.5, 0.6) is 0 Å². The number of nitrogens with one attached hydrogen (secondary N) is 1. The Balaban J connectivity index is 2.23. The van der Waals surface area contributed by atoms with Crippen molar-refractivity contribution in [1.82, 2.24) is 5.32 Å². The number of benzene rings is 1. The van der Waals surface area contributed by atoms with E-state index >= 15 is 0 Å². The standard InChI is InChI=1S/C14H19BrFN/c1-4-17-13-8-11(14(13,2)3)10-7-9(15)5-6-12(10)16/h5-7,11,13,17H,4,8H2,1-3H3. The third-order valence-corrected chi connectivity index (χ3v) is 4.54. The Labute approximate surface area is 111 Å². The zero-order valence-electron chi connectivity index (χ0n) is 10.6. The molecule has 0 bridgehead atoms. The molecular weight excluding hydrogens is 281 g/mol. The van der Waals surface area contributed by atoms with Gasteiger partial charge in [0.1, 0.15) is 5.82 Å². The van der Waals surface area contributed by atoms with E-state index in [1.165, 1.54) is 0 Å². The molecule has 0 spiro atoms. The van der Waals surface area contributed by atoms with E-state index in [1.54, 1.807) is 12.1 Å². The molecule has 2 rings (SSSR count). The average Bonchev–Trinajstić information content (AvgIpc) is 2.28. The van der Waals surface area contributed by atoms with Gasteiger partial charge in [0.15, 0.2) is 0 Å². The van der Waals surface area contributed by atoms with Gasteiger partial charge < -0.3 is 5.32 Å². The van der Waals surface area contributed by atoms with Crippen LogP contribution in [-0.4, -0.2) is 12.6 Å². The Kier molecular flexibility index (Phi) is 3.60. The van der Waals surface area contributed by atoms with Crippen LogP contribution in [0.4, 0.5) is 4.39 Å². The molecule has 17 heavy (non-hydrogen) atoms. The van der Waals surface area contributed by atoms with Gasteiger partial charge in [-0.05, 0) is 48.1 Å². The van der Waals surface area contributed by atoms with Gasteiger partial charge in [-0.15, -0.1) is 0 Å². The Bertz CT molecular complexity index is 417. The highest BCUT2D eigenvalue weighted by atomic mass is 79.9. The smallest absolute Gasteiger partial charge is 0.126 e. The highest BCUT2D eigenvalue weighted by molar-refractivity contribution is 9.10. The summed E-state index contributed by atoms with van der Waals surface area (Å²) >= 11 is 3.42. The summed E-state index contributed by atoms with van der Waals surface area (Å²) < 4.78 is 14.8. The van der Waals surface area contributed by atoms with E-state index in [-0.39, 0.29) is 11.2 Å². The molecule has 0 heterocycles. The van der Waals surface area contributed by atoms with Crippen LogP contribution in [0.15, 0.2) is 22.7 Å². The van der Waals surface area contributed by atoms with Crippen LogP contribution in [0, 0.1) is 11.2 Å². The molecule has 94 valence electrons. The molecule has 1 aliphatic rings. The van der Waals surface area contributed by atoms with Crippen LogP contribution in [0.1, 0.15) is 38.7 Å². The fraction of sp³-hybridized carbons (Fsp3) is 0.571. The van der Waals surface area contributed by atoms with Crippen molar-refractivity contribution >= 4 is 15.9 Å². The number of hydrogen-bond donors (Lipinski definition) is 1. The monoisotopic (exact) mass is 299 g/mol. The fourth-order valence-electron chi connectivity index (χ4n) is 2.83. The van der Waals surface area contributed by atoms with Gasteiger partial charge in [-0.25, -0.2) is 4.39 Å². The molecule has 1 aliphatic carbocycles. The summed E-state index contributed by atoms with van der Waals surface area (Å²) in [4.78, 5) is 0. The normalized spacial score (nSPS) is 26.6. The van der Waals surface area contributed by atoms with E-state index in [0.717, 1.165) is 23.0 Å². The second-order valence-electron chi connectivity index (χ2n) is 5.39. The van der Waals surface area contributed by atoms with E-state index in [2.05, 4.69) is 42.0 Å². The predicted molar refractivity (Wildman–Crippen MR) is 72.7 cm³/mol. The highest BCUT2D eigenvalue weighted by Crippen LogP contribution is 2.53. The van der Waals surface area contributed by atoms with Crippen LogP contribution in [0.3, 0.4) is 0 Å². The molecular formula is C14H19BrFN. The third-order valence-electron chi connectivity index (χ3n) is 4.05. The van der Waals surface area contributed by atoms with Crippen molar-refractivity contribution in [3.05, 3.63) is 34.1 Å². The zero-order chi connectivity index (χ0) is 12.6. The van der Waals surface area contributed by atoms with Gasteiger partial charge in [0.2, 0.25) is 0 Å². The summed E-state index contributed by atoms with van der Waals surface area (Å²) in [7, 11) is 0. The van der Waals surface area contributed by atoms with Crippen LogP contribution in [0.2, 0.25) is 0 Å². The molecule has 1 aromatic carbocycles. The summed E-state index contributed by atoms with van der Waals surface area (Å²) in [5.41, 5.74) is 0.969.